The second-order valence-corrected chi connectivity index (χ2v) is 7.57. The minimum absolute atomic E-state index is 0.0118. The van der Waals surface area contributed by atoms with Gasteiger partial charge in [-0.1, -0.05) is 79.7 Å². The molecular formula is C26H25NO2. The van der Waals surface area contributed by atoms with Crippen molar-refractivity contribution in [2.24, 2.45) is 0 Å². The molecule has 1 aliphatic heterocycles. The maximum atomic E-state index is 9.23. The number of hydrogen-bond donors (Lipinski definition) is 0. The first-order valence-corrected chi connectivity index (χ1v) is 10.1. The largest absolute Gasteiger partial charge is 0.343 e. The number of rotatable bonds is 6. The summed E-state index contributed by atoms with van der Waals surface area (Å²) in [4.78, 5) is 0. The van der Waals surface area contributed by atoms with Gasteiger partial charge >= 0.3 is 0 Å². The quantitative estimate of drug-likeness (QED) is 0.561. The summed E-state index contributed by atoms with van der Waals surface area (Å²) in [6.45, 7) is 4.72. The molecule has 0 unspecified atom stereocenters. The third-order valence-corrected chi connectivity index (χ3v) is 5.92. The van der Waals surface area contributed by atoms with Gasteiger partial charge in [-0.3, -0.25) is 0 Å². The van der Waals surface area contributed by atoms with Crippen LogP contribution in [0.2, 0.25) is 0 Å². The molecule has 0 aromatic heterocycles. The highest BCUT2D eigenvalue weighted by Crippen LogP contribution is 2.58. The molecule has 0 radical (unpaired) electrons. The van der Waals surface area contributed by atoms with Crippen LogP contribution in [0.4, 0.5) is 0 Å². The summed E-state index contributed by atoms with van der Waals surface area (Å²) in [7, 11) is 0. The van der Waals surface area contributed by atoms with E-state index >= 15 is 0 Å². The van der Waals surface area contributed by atoms with E-state index in [1.54, 1.807) is 0 Å². The van der Waals surface area contributed by atoms with Gasteiger partial charge in [0.15, 0.2) is 0 Å². The lowest BCUT2D eigenvalue weighted by molar-refractivity contribution is -0.375. The molecule has 3 nitrogen and oxygen atoms in total. The van der Waals surface area contributed by atoms with Crippen LogP contribution < -0.4 is 0 Å². The van der Waals surface area contributed by atoms with Crippen molar-refractivity contribution < 1.29 is 9.47 Å². The molecule has 2 atom stereocenters. The topological polar surface area (TPSA) is 42.2 Å². The molecule has 3 aromatic rings. The molecular weight excluding hydrogens is 358 g/mol. The van der Waals surface area contributed by atoms with Crippen LogP contribution in [0.25, 0.3) is 0 Å². The molecule has 0 amide bonds. The van der Waals surface area contributed by atoms with Gasteiger partial charge in [0.1, 0.15) is 5.41 Å². The lowest BCUT2D eigenvalue weighted by Gasteiger charge is -2.59. The summed E-state index contributed by atoms with van der Waals surface area (Å²) in [6.07, 6.45) is 0.888. The van der Waals surface area contributed by atoms with E-state index in [0.29, 0.717) is 12.2 Å². The van der Waals surface area contributed by atoms with Crippen molar-refractivity contribution in [3.8, 4) is 6.07 Å². The Morgan fingerprint density at radius 1 is 0.897 bits per heavy atom. The highest BCUT2D eigenvalue weighted by atomic mass is 16.7. The number of ether oxygens (including phenoxy) is 2. The Balaban J connectivity index is 1.96. The fourth-order valence-electron chi connectivity index (χ4n) is 4.17. The molecule has 3 aromatic carbocycles. The maximum Gasteiger partial charge on any atom is 0.211 e. The van der Waals surface area contributed by atoms with E-state index in [2.05, 4.69) is 68.4 Å². The van der Waals surface area contributed by atoms with E-state index in [-0.39, 0.29) is 6.10 Å². The average molecular weight is 383 g/mol. The SMILES string of the molecule is CC[C@H](C)O[C@]1(c2ccc(C#N)cc2)OCC1(c1ccccc1)c1ccccc1. The molecule has 0 spiro atoms. The van der Waals surface area contributed by atoms with Gasteiger partial charge in [0.2, 0.25) is 5.79 Å². The zero-order valence-corrected chi connectivity index (χ0v) is 16.8. The molecule has 146 valence electrons. The van der Waals surface area contributed by atoms with E-state index in [9.17, 15) is 5.26 Å². The molecule has 0 N–H and O–H groups in total. The predicted molar refractivity (Wildman–Crippen MR) is 113 cm³/mol. The summed E-state index contributed by atoms with van der Waals surface area (Å²) >= 11 is 0. The molecule has 1 aliphatic rings. The second-order valence-electron chi connectivity index (χ2n) is 7.57. The Labute approximate surface area is 172 Å². The number of hydrogen-bond acceptors (Lipinski definition) is 3. The average Bonchev–Trinajstić information content (AvgIpc) is 2.78. The fraction of sp³-hybridized carbons (Fsp3) is 0.269. The van der Waals surface area contributed by atoms with Crippen LogP contribution in [-0.4, -0.2) is 12.7 Å². The Bertz CT molecular complexity index is 953. The number of nitriles is 1. The summed E-state index contributed by atoms with van der Waals surface area (Å²) in [5, 5.41) is 9.23. The molecule has 0 aliphatic carbocycles. The van der Waals surface area contributed by atoms with Gasteiger partial charge in [0.25, 0.3) is 0 Å². The molecule has 3 heteroatoms. The van der Waals surface area contributed by atoms with Crippen molar-refractivity contribution in [2.75, 3.05) is 6.61 Å². The highest BCUT2D eigenvalue weighted by molar-refractivity contribution is 5.49. The second kappa shape index (κ2) is 7.83. The van der Waals surface area contributed by atoms with Gasteiger partial charge in [-0.2, -0.15) is 5.26 Å². The fourth-order valence-corrected chi connectivity index (χ4v) is 4.17. The molecule has 4 rings (SSSR count). The molecule has 1 fully saturated rings. The van der Waals surface area contributed by atoms with Gasteiger partial charge in [-0.25, -0.2) is 0 Å². The van der Waals surface area contributed by atoms with Gasteiger partial charge < -0.3 is 9.47 Å². The van der Waals surface area contributed by atoms with Crippen molar-refractivity contribution in [1.29, 1.82) is 5.26 Å². The molecule has 1 saturated heterocycles. The van der Waals surface area contributed by atoms with Gasteiger partial charge in [0.05, 0.1) is 24.3 Å². The van der Waals surface area contributed by atoms with Crippen LogP contribution in [0.3, 0.4) is 0 Å². The van der Waals surface area contributed by atoms with E-state index in [1.165, 1.54) is 0 Å². The van der Waals surface area contributed by atoms with E-state index in [1.807, 2.05) is 36.4 Å². The summed E-state index contributed by atoms with van der Waals surface area (Å²) < 4.78 is 13.1. The Morgan fingerprint density at radius 3 is 1.86 bits per heavy atom. The van der Waals surface area contributed by atoms with Crippen molar-refractivity contribution >= 4 is 0 Å². The molecule has 1 heterocycles. The zero-order chi connectivity index (χ0) is 20.3. The van der Waals surface area contributed by atoms with Crippen molar-refractivity contribution in [1.82, 2.24) is 0 Å². The zero-order valence-electron chi connectivity index (χ0n) is 16.8. The summed E-state index contributed by atoms with van der Waals surface area (Å²) in [6, 6.07) is 30.7. The lowest BCUT2D eigenvalue weighted by Crippen LogP contribution is -2.66. The molecule has 29 heavy (non-hydrogen) atoms. The van der Waals surface area contributed by atoms with Crippen LogP contribution >= 0.6 is 0 Å². The minimum Gasteiger partial charge on any atom is -0.343 e. The monoisotopic (exact) mass is 383 g/mol. The third-order valence-electron chi connectivity index (χ3n) is 5.92. The van der Waals surface area contributed by atoms with Crippen molar-refractivity contribution in [3.63, 3.8) is 0 Å². The lowest BCUT2D eigenvalue weighted by atomic mass is 9.62. The van der Waals surface area contributed by atoms with E-state index < -0.39 is 11.2 Å². The predicted octanol–water partition coefficient (Wildman–Crippen LogP) is 5.54. The first-order valence-electron chi connectivity index (χ1n) is 10.1. The Morgan fingerprint density at radius 2 is 1.45 bits per heavy atom. The van der Waals surface area contributed by atoms with Crippen molar-refractivity contribution in [3.05, 3.63) is 107 Å². The van der Waals surface area contributed by atoms with Crippen molar-refractivity contribution in [2.45, 2.75) is 37.6 Å². The Kier molecular flexibility index (Phi) is 5.24. The van der Waals surface area contributed by atoms with Gasteiger partial charge in [-0.05, 0) is 36.6 Å². The maximum absolute atomic E-state index is 9.23. The minimum atomic E-state index is -0.959. The van der Waals surface area contributed by atoms with E-state index in [4.69, 9.17) is 9.47 Å². The van der Waals surface area contributed by atoms with Crippen LogP contribution in [0.15, 0.2) is 84.9 Å². The molecule has 0 bridgehead atoms. The Hall–Kier alpha value is -2.93. The van der Waals surface area contributed by atoms with Crippen LogP contribution in [-0.2, 0) is 20.7 Å². The highest BCUT2D eigenvalue weighted by Gasteiger charge is 2.65. The third kappa shape index (κ3) is 3.06. The smallest absolute Gasteiger partial charge is 0.211 e. The molecule has 0 saturated carbocycles. The first-order chi connectivity index (χ1) is 14.2. The van der Waals surface area contributed by atoms with Crippen LogP contribution in [0.5, 0.6) is 0 Å². The summed E-state index contributed by atoms with van der Waals surface area (Å²) in [5.74, 6) is -0.959. The standard InChI is InChI=1S/C26H25NO2/c1-3-20(2)29-26(24-16-14-21(18-27)15-17-24)25(19-28-26,22-10-6-4-7-11-22)23-12-8-5-9-13-23/h4-17,20H,3,19H2,1-2H3/t20-,26-/m0/s1. The van der Waals surface area contributed by atoms with Crippen LogP contribution in [0, 0.1) is 11.3 Å². The van der Waals surface area contributed by atoms with Gasteiger partial charge in [-0.15, -0.1) is 0 Å². The van der Waals surface area contributed by atoms with Crippen LogP contribution in [0.1, 0.15) is 42.5 Å². The number of benzene rings is 3. The first kappa shape index (κ1) is 19.4. The van der Waals surface area contributed by atoms with E-state index in [0.717, 1.165) is 23.1 Å². The number of nitrogens with zero attached hydrogens (tertiary/aromatic N) is 1. The van der Waals surface area contributed by atoms with Gasteiger partial charge in [0, 0.05) is 5.56 Å². The summed E-state index contributed by atoms with van der Waals surface area (Å²) in [5.41, 5.74) is 3.38. The normalized spacial score (nSPS) is 21.0.